The van der Waals surface area contributed by atoms with Crippen molar-refractivity contribution >= 4 is 16.9 Å². The zero-order chi connectivity index (χ0) is 12.8. The number of hydrogen-bond acceptors (Lipinski definition) is 4. The predicted molar refractivity (Wildman–Crippen MR) is 78.6 cm³/mol. The van der Waals surface area contributed by atoms with Crippen LogP contribution in [0.3, 0.4) is 0 Å². The lowest BCUT2D eigenvalue weighted by Gasteiger charge is -2.17. The summed E-state index contributed by atoms with van der Waals surface area (Å²) >= 11 is 1.83. The van der Waals surface area contributed by atoms with Gasteiger partial charge in [-0.1, -0.05) is 30.8 Å². The summed E-state index contributed by atoms with van der Waals surface area (Å²) in [6, 6.07) is 8.21. The zero-order valence-corrected chi connectivity index (χ0v) is 11.8. The Bertz CT molecular complexity index is 420. The van der Waals surface area contributed by atoms with Crippen LogP contribution in [0, 0.1) is 5.92 Å². The number of hydrogen-bond donors (Lipinski definition) is 1. The van der Waals surface area contributed by atoms with Crippen molar-refractivity contribution in [3.8, 4) is 5.75 Å². The van der Waals surface area contributed by atoms with E-state index in [1.54, 1.807) is 7.11 Å². The predicted octanol–water partition coefficient (Wildman–Crippen LogP) is 2.57. The summed E-state index contributed by atoms with van der Waals surface area (Å²) in [7, 11) is 1.70. The van der Waals surface area contributed by atoms with Gasteiger partial charge in [-0.05, 0) is 30.0 Å². The van der Waals surface area contributed by atoms with E-state index in [9.17, 15) is 0 Å². The monoisotopic (exact) mass is 264 g/mol. The lowest BCUT2D eigenvalue weighted by Crippen LogP contribution is -2.27. The summed E-state index contributed by atoms with van der Waals surface area (Å²) in [4.78, 5) is 4.52. The van der Waals surface area contributed by atoms with Crippen molar-refractivity contribution in [2.75, 3.05) is 26.0 Å². The Morgan fingerprint density at radius 1 is 1.50 bits per heavy atom. The first-order valence-corrected chi connectivity index (χ1v) is 7.30. The first-order chi connectivity index (χ1) is 8.78. The number of amidine groups is 1. The van der Waals surface area contributed by atoms with Gasteiger partial charge < -0.3 is 10.1 Å². The third kappa shape index (κ3) is 3.95. The van der Waals surface area contributed by atoms with E-state index in [4.69, 9.17) is 4.74 Å². The molecule has 1 unspecified atom stereocenters. The van der Waals surface area contributed by atoms with Gasteiger partial charge in [-0.3, -0.25) is 4.99 Å². The topological polar surface area (TPSA) is 33.6 Å². The van der Waals surface area contributed by atoms with Crippen LogP contribution in [-0.4, -0.2) is 31.1 Å². The third-order valence-electron chi connectivity index (χ3n) is 2.88. The summed E-state index contributed by atoms with van der Waals surface area (Å²) < 4.78 is 5.21. The molecule has 1 aliphatic rings. The van der Waals surface area contributed by atoms with Crippen LogP contribution >= 0.6 is 11.8 Å². The average molecular weight is 264 g/mol. The van der Waals surface area contributed by atoms with Crippen LogP contribution in [0.2, 0.25) is 0 Å². The van der Waals surface area contributed by atoms with Crippen LogP contribution in [0.5, 0.6) is 5.75 Å². The Kier molecular flexibility index (Phi) is 4.93. The summed E-state index contributed by atoms with van der Waals surface area (Å²) in [5.74, 6) is 2.80. The van der Waals surface area contributed by atoms with Gasteiger partial charge in [0.15, 0.2) is 5.17 Å². The minimum Gasteiger partial charge on any atom is -0.497 e. The highest BCUT2D eigenvalue weighted by molar-refractivity contribution is 8.13. The molecule has 3 nitrogen and oxygen atoms in total. The van der Waals surface area contributed by atoms with Gasteiger partial charge in [0.05, 0.1) is 7.11 Å². The molecule has 0 aliphatic carbocycles. The summed E-state index contributed by atoms with van der Waals surface area (Å²) in [5, 5.41) is 4.49. The van der Waals surface area contributed by atoms with Gasteiger partial charge in [-0.15, -0.1) is 0 Å². The van der Waals surface area contributed by atoms with Crippen LogP contribution in [0.4, 0.5) is 0 Å². The quantitative estimate of drug-likeness (QED) is 0.907. The van der Waals surface area contributed by atoms with Crippen molar-refractivity contribution in [1.82, 2.24) is 5.32 Å². The van der Waals surface area contributed by atoms with E-state index >= 15 is 0 Å². The van der Waals surface area contributed by atoms with Crippen molar-refractivity contribution in [1.29, 1.82) is 0 Å². The Morgan fingerprint density at radius 3 is 3.11 bits per heavy atom. The maximum Gasteiger partial charge on any atom is 0.156 e. The first kappa shape index (κ1) is 13.3. The lowest BCUT2D eigenvalue weighted by atomic mass is 10.1. The van der Waals surface area contributed by atoms with Gasteiger partial charge in [0, 0.05) is 18.8 Å². The molecule has 0 fully saturated rings. The van der Waals surface area contributed by atoms with Crippen LogP contribution in [0.15, 0.2) is 29.3 Å². The fourth-order valence-electron chi connectivity index (χ4n) is 1.81. The summed E-state index contributed by atoms with van der Waals surface area (Å²) in [6.07, 6.45) is 0.992. The van der Waals surface area contributed by atoms with Crippen molar-refractivity contribution in [2.45, 2.75) is 13.3 Å². The van der Waals surface area contributed by atoms with E-state index in [2.05, 4.69) is 29.4 Å². The second kappa shape index (κ2) is 6.69. The number of rotatable bonds is 4. The zero-order valence-electron chi connectivity index (χ0n) is 11.0. The molecule has 0 radical (unpaired) electrons. The van der Waals surface area contributed by atoms with Gasteiger partial charge in [0.25, 0.3) is 0 Å². The molecule has 1 atom stereocenters. The molecule has 0 bridgehead atoms. The normalized spacial score (nSPS) is 19.2. The van der Waals surface area contributed by atoms with E-state index in [1.807, 2.05) is 23.9 Å². The van der Waals surface area contributed by atoms with Gasteiger partial charge in [-0.2, -0.15) is 0 Å². The SMILES string of the molecule is COc1cccc(CCNC2=NCC(C)CS2)c1. The molecule has 1 N–H and O–H groups in total. The molecule has 0 saturated carbocycles. The number of thioether (sulfide) groups is 1. The van der Waals surface area contributed by atoms with Gasteiger partial charge in [-0.25, -0.2) is 0 Å². The van der Waals surface area contributed by atoms with Gasteiger partial charge in [0.1, 0.15) is 5.75 Å². The van der Waals surface area contributed by atoms with Crippen molar-refractivity contribution < 1.29 is 4.74 Å². The minimum absolute atomic E-state index is 0.707. The molecule has 1 aromatic carbocycles. The molecule has 1 heterocycles. The van der Waals surface area contributed by atoms with E-state index < -0.39 is 0 Å². The molecule has 4 heteroatoms. The average Bonchev–Trinajstić information content (AvgIpc) is 2.41. The lowest BCUT2D eigenvalue weighted by molar-refractivity contribution is 0.414. The summed E-state index contributed by atoms with van der Waals surface area (Å²) in [5.41, 5.74) is 1.29. The molecule has 0 saturated heterocycles. The molecule has 1 aromatic rings. The highest BCUT2D eigenvalue weighted by atomic mass is 32.2. The fraction of sp³-hybridized carbons (Fsp3) is 0.500. The number of methoxy groups -OCH3 is 1. The Hall–Kier alpha value is -1.16. The molecule has 2 rings (SSSR count). The van der Waals surface area contributed by atoms with E-state index in [1.165, 1.54) is 11.3 Å². The van der Waals surface area contributed by atoms with Gasteiger partial charge in [0.2, 0.25) is 0 Å². The van der Waals surface area contributed by atoms with Crippen LogP contribution < -0.4 is 10.1 Å². The second-order valence-corrected chi connectivity index (χ2v) is 5.60. The van der Waals surface area contributed by atoms with Crippen LogP contribution in [0.1, 0.15) is 12.5 Å². The molecule has 0 aromatic heterocycles. The number of ether oxygens (including phenoxy) is 1. The number of benzene rings is 1. The number of nitrogens with one attached hydrogen (secondary N) is 1. The van der Waals surface area contributed by atoms with Crippen LogP contribution in [-0.2, 0) is 6.42 Å². The second-order valence-electron chi connectivity index (χ2n) is 4.59. The maximum absolute atomic E-state index is 5.21. The molecule has 0 spiro atoms. The van der Waals surface area contributed by atoms with E-state index in [0.29, 0.717) is 5.92 Å². The number of aliphatic imine (C=N–C) groups is 1. The van der Waals surface area contributed by atoms with Crippen molar-refractivity contribution in [2.24, 2.45) is 10.9 Å². The first-order valence-electron chi connectivity index (χ1n) is 6.32. The third-order valence-corrected chi connectivity index (χ3v) is 4.16. The molecular formula is C14H20N2OS. The summed E-state index contributed by atoms with van der Waals surface area (Å²) in [6.45, 7) is 4.12. The maximum atomic E-state index is 5.21. The Balaban J connectivity index is 1.78. The van der Waals surface area contributed by atoms with Crippen molar-refractivity contribution in [3.05, 3.63) is 29.8 Å². The smallest absolute Gasteiger partial charge is 0.156 e. The highest BCUT2D eigenvalue weighted by Gasteiger charge is 2.11. The fourth-order valence-corrected chi connectivity index (χ4v) is 2.72. The standard InChI is InChI=1S/C14H20N2OS/c1-11-9-16-14(18-10-11)15-7-6-12-4-3-5-13(8-12)17-2/h3-5,8,11H,6-7,9-10H2,1-2H3,(H,15,16). The highest BCUT2D eigenvalue weighted by Crippen LogP contribution is 2.16. The van der Waals surface area contributed by atoms with Crippen molar-refractivity contribution in [3.63, 3.8) is 0 Å². The minimum atomic E-state index is 0.707. The molecule has 1 aliphatic heterocycles. The Morgan fingerprint density at radius 2 is 2.39 bits per heavy atom. The Labute approximate surface area is 113 Å². The largest absolute Gasteiger partial charge is 0.497 e. The van der Waals surface area contributed by atoms with Gasteiger partial charge >= 0.3 is 0 Å². The molecule has 0 amide bonds. The molecule has 18 heavy (non-hydrogen) atoms. The van der Waals surface area contributed by atoms with E-state index in [-0.39, 0.29) is 0 Å². The van der Waals surface area contributed by atoms with E-state index in [0.717, 1.165) is 30.4 Å². The molecule has 98 valence electrons. The van der Waals surface area contributed by atoms with Crippen LogP contribution in [0.25, 0.3) is 0 Å². The molecular weight excluding hydrogens is 244 g/mol. The number of nitrogens with zero attached hydrogens (tertiary/aromatic N) is 1.